The smallest absolute Gasteiger partial charge is 0.0950 e. The van der Waals surface area contributed by atoms with E-state index in [0.717, 1.165) is 18.6 Å². The second-order valence-corrected chi connectivity index (χ2v) is 10.4. The van der Waals surface area contributed by atoms with Gasteiger partial charge in [-0.3, -0.25) is 0 Å². The van der Waals surface area contributed by atoms with Gasteiger partial charge in [-0.15, -0.1) is 6.58 Å². The topological polar surface area (TPSA) is 9.23 Å². The molecule has 0 radical (unpaired) electrons. The van der Waals surface area contributed by atoms with Gasteiger partial charge in [-0.2, -0.15) is 0 Å². The largest absolute Gasteiger partial charge is 0.498 e. The number of rotatable bonds is 12. The van der Waals surface area contributed by atoms with Gasteiger partial charge in [0.05, 0.1) is 12.4 Å². The van der Waals surface area contributed by atoms with Crippen molar-refractivity contribution in [1.29, 1.82) is 0 Å². The van der Waals surface area contributed by atoms with Crippen LogP contribution in [0.15, 0.2) is 73.5 Å². The van der Waals surface area contributed by atoms with Crippen molar-refractivity contribution in [1.82, 2.24) is 0 Å². The molecule has 0 aliphatic carbocycles. The van der Waals surface area contributed by atoms with Crippen molar-refractivity contribution >= 4 is 0 Å². The summed E-state index contributed by atoms with van der Waals surface area (Å²) in [6.07, 6.45) is 3.83. The fraction of sp³-hybridized carbons (Fsp3) is 0.484. The van der Waals surface area contributed by atoms with Crippen LogP contribution in [0.5, 0.6) is 0 Å². The number of hydrogen-bond donors (Lipinski definition) is 0. The van der Waals surface area contributed by atoms with Gasteiger partial charge in [-0.05, 0) is 61.5 Å². The van der Waals surface area contributed by atoms with Crippen molar-refractivity contribution < 1.29 is 4.74 Å². The van der Waals surface area contributed by atoms with Gasteiger partial charge in [-0.1, -0.05) is 107 Å². The van der Waals surface area contributed by atoms with E-state index in [1.54, 1.807) is 0 Å². The number of hydrogen-bond acceptors (Lipinski definition) is 1. The lowest BCUT2D eigenvalue weighted by molar-refractivity contribution is 0.0900. The lowest BCUT2D eigenvalue weighted by atomic mass is 9.69. The third-order valence-corrected chi connectivity index (χ3v) is 7.27. The van der Waals surface area contributed by atoms with E-state index >= 15 is 0 Å². The Hall–Kier alpha value is -2.28. The molecular formula is C31H44O. The summed E-state index contributed by atoms with van der Waals surface area (Å²) in [7, 11) is 0. The molecule has 1 heteroatoms. The Morgan fingerprint density at radius 3 is 2.19 bits per heavy atom. The highest BCUT2D eigenvalue weighted by molar-refractivity contribution is 5.33. The third kappa shape index (κ3) is 6.86. The van der Waals surface area contributed by atoms with Crippen molar-refractivity contribution in [2.75, 3.05) is 6.61 Å². The fourth-order valence-electron chi connectivity index (χ4n) is 4.30. The Labute approximate surface area is 197 Å². The van der Waals surface area contributed by atoms with Gasteiger partial charge in [0.2, 0.25) is 0 Å². The van der Waals surface area contributed by atoms with Crippen molar-refractivity contribution in [3.63, 3.8) is 0 Å². The fourth-order valence-corrected chi connectivity index (χ4v) is 4.30. The van der Waals surface area contributed by atoms with Crippen LogP contribution in [0.4, 0.5) is 0 Å². The zero-order valence-electron chi connectivity index (χ0n) is 21.4. The van der Waals surface area contributed by atoms with Crippen LogP contribution in [0.1, 0.15) is 81.5 Å². The first-order valence-electron chi connectivity index (χ1n) is 12.1. The molecule has 0 aliphatic heterocycles. The SMILES string of the molecule is C=CC[C@@](C)(C[C@H](c1cccc(C)c1)[C@H](C)c1ccc(C)cc1)C(=C)OC[C@@H](C)C(C)C. The standard InChI is InChI=1S/C31H44O/c1-10-18-31(9,27(8)32-21-25(6)22(2)3)20-30(29-13-11-12-24(5)19-29)26(7)28-16-14-23(4)15-17-28/h10-17,19,22,25-26,30H,1,8,18,20-21H2,2-7,9H3/t25-,26-,30+,31+/m1/s1. The molecule has 0 aliphatic rings. The highest BCUT2D eigenvalue weighted by Crippen LogP contribution is 2.46. The predicted octanol–water partition coefficient (Wildman–Crippen LogP) is 8.99. The van der Waals surface area contributed by atoms with Crippen LogP contribution in [0.3, 0.4) is 0 Å². The Morgan fingerprint density at radius 1 is 0.969 bits per heavy atom. The second-order valence-electron chi connectivity index (χ2n) is 10.4. The number of benzene rings is 2. The van der Waals surface area contributed by atoms with E-state index in [0.29, 0.717) is 30.3 Å². The number of allylic oxidation sites excluding steroid dienone is 2. The van der Waals surface area contributed by atoms with E-state index < -0.39 is 0 Å². The van der Waals surface area contributed by atoms with Crippen LogP contribution in [0.2, 0.25) is 0 Å². The normalized spacial score (nSPS) is 16.1. The highest BCUT2D eigenvalue weighted by Gasteiger charge is 2.35. The van der Waals surface area contributed by atoms with Crippen molar-refractivity contribution in [3.8, 4) is 0 Å². The van der Waals surface area contributed by atoms with Crippen LogP contribution < -0.4 is 0 Å². The maximum atomic E-state index is 6.30. The summed E-state index contributed by atoms with van der Waals surface area (Å²) in [5, 5.41) is 0. The molecule has 1 nitrogen and oxygen atoms in total. The zero-order valence-corrected chi connectivity index (χ0v) is 21.4. The molecular weight excluding hydrogens is 388 g/mol. The van der Waals surface area contributed by atoms with Crippen LogP contribution in [0, 0.1) is 31.1 Å². The lowest BCUT2D eigenvalue weighted by Crippen LogP contribution is -2.27. The highest BCUT2D eigenvalue weighted by atomic mass is 16.5. The number of aryl methyl sites for hydroxylation is 2. The third-order valence-electron chi connectivity index (χ3n) is 7.27. The average molecular weight is 433 g/mol. The first-order chi connectivity index (χ1) is 15.1. The zero-order chi connectivity index (χ0) is 23.9. The summed E-state index contributed by atoms with van der Waals surface area (Å²) in [5.41, 5.74) is 5.19. The van der Waals surface area contributed by atoms with Gasteiger partial charge in [0.1, 0.15) is 0 Å². The van der Waals surface area contributed by atoms with Gasteiger partial charge >= 0.3 is 0 Å². The molecule has 0 heterocycles. The van der Waals surface area contributed by atoms with E-state index in [1.807, 2.05) is 6.08 Å². The summed E-state index contributed by atoms with van der Waals surface area (Å²) in [5.74, 6) is 2.71. The van der Waals surface area contributed by atoms with Crippen molar-refractivity contribution in [2.45, 2.75) is 73.1 Å². The first kappa shape index (κ1) is 26.0. The monoisotopic (exact) mass is 432 g/mol. The summed E-state index contributed by atoms with van der Waals surface area (Å²) in [6, 6.07) is 18.0. The summed E-state index contributed by atoms with van der Waals surface area (Å²) in [6.45, 7) is 24.9. The molecule has 0 bridgehead atoms. The molecule has 0 amide bonds. The Kier molecular flexibility index (Phi) is 9.37. The minimum atomic E-state index is -0.175. The molecule has 4 atom stereocenters. The van der Waals surface area contributed by atoms with E-state index in [-0.39, 0.29) is 5.41 Å². The average Bonchev–Trinajstić information content (AvgIpc) is 2.75. The van der Waals surface area contributed by atoms with Crippen LogP contribution in [-0.4, -0.2) is 6.61 Å². The first-order valence-corrected chi connectivity index (χ1v) is 12.1. The minimum absolute atomic E-state index is 0.175. The molecule has 0 aromatic heterocycles. The molecule has 0 unspecified atom stereocenters. The molecule has 2 aromatic carbocycles. The Balaban J connectivity index is 2.38. The maximum Gasteiger partial charge on any atom is 0.0950 e. The summed E-state index contributed by atoms with van der Waals surface area (Å²) in [4.78, 5) is 0. The van der Waals surface area contributed by atoms with Gasteiger partial charge in [0.15, 0.2) is 0 Å². The Morgan fingerprint density at radius 2 is 1.62 bits per heavy atom. The van der Waals surface area contributed by atoms with Gasteiger partial charge in [-0.25, -0.2) is 0 Å². The minimum Gasteiger partial charge on any atom is -0.498 e. The van der Waals surface area contributed by atoms with E-state index in [2.05, 4.69) is 110 Å². The second kappa shape index (κ2) is 11.5. The molecule has 0 saturated carbocycles. The van der Waals surface area contributed by atoms with Gasteiger partial charge in [0.25, 0.3) is 0 Å². The molecule has 0 spiro atoms. The van der Waals surface area contributed by atoms with Crippen molar-refractivity contribution in [3.05, 3.63) is 95.8 Å². The molecule has 174 valence electrons. The number of ether oxygens (including phenoxy) is 1. The summed E-state index contributed by atoms with van der Waals surface area (Å²) >= 11 is 0. The van der Waals surface area contributed by atoms with E-state index in [9.17, 15) is 0 Å². The van der Waals surface area contributed by atoms with Crippen LogP contribution in [0.25, 0.3) is 0 Å². The molecule has 2 aromatic rings. The van der Waals surface area contributed by atoms with Crippen molar-refractivity contribution in [2.24, 2.45) is 17.3 Å². The van der Waals surface area contributed by atoms with Gasteiger partial charge < -0.3 is 4.74 Å². The Bertz CT molecular complexity index is 876. The van der Waals surface area contributed by atoms with E-state index in [4.69, 9.17) is 4.74 Å². The van der Waals surface area contributed by atoms with Crippen LogP contribution in [-0.2, 0) is 4.74 Å². The molecule has 32 heavy (non-hydrogen) atoms. The molecule has 0 fully saturated rings. The molecule has 0 N–H and O–H groups in total. The van der Waals surface area contributed by atoms with Crippen LogP contribution >= 0.6 is 0 Å². The molecule has 2 rings (SSSR count). The van der Waals surface area contributed by atoms with Gasteiger partial charge in [0, 0.05) is 5.41 Å². The predicted molar refractivity (Wildman–Crippen MR) is 140 cm³/mol. The maximum absolute atomic E-state index is 6.30. The summed E-state index contributed by atoms with van der Waals surface area (Å²) < 4.78 is 6.30. The van der Waals surface area contributed by atoms with E-state index in [1.165, 1.54) is 22.3 Å². The molecule has 0 saturated heterocycles. The lowest BCUT2D eigenvalue weighted by Gasteiger charge is -2.37. The quantitative estimate of drug-likeness (QED) is 0.240.